The Morgan fingerprint density at radius 2 is 1.41 bits per heavy atom. The molecule has 0 aliphatic heterocycles. The van der Waals surface area contributed by atoms with Crippen LogP contribution in [0.3, 0.4) is 0 Å². The molecule has 4 saturated carbocycles. The van der Waals surface area contributed by atoms with E-state index in [0.29, 0.717) is 10.8 Å². The zero-order chi connectivity index (χ0) is 23.1. The molecular weight excluding hydrogens is 388 g/mol. The summed E-state index contributed by atoms with van der Waals surface area (Å²) < 4.78 is 0. The quantitative estimate of drug-likeness (QED) is 0.396. The van der Waals surface area contributed by atoms with E-state index in [1.165, 1.54) is 77.0 Å². The molecule has 1 N–H and O–H groups in total. The average Bonchev–Trinajstić information content (AvgIpc) is 3.14. The summed E-state index contributed by atoms with van der Waals surface area (Å²) in [6.45, 7) is 15.3. The predicted octanol–water partition coefficient (Wildman–Crippen LogP) is 8.88. The van der Waals surface area contributed by atoms with Crippen LogP contribution in [0.4, 0.5) is 0 Å². The average molecular weight is 445 g/mol. The van der Waals surface area contributed by atoms with Crippen LogP contribution in [0.5, 0.6) is 0 Å². The topological polar surface area (TPSA) is 20.2 Å². The van der Waals surface area contributed by atoms with Gasteiger partial charge in [0.05, 0.1) is 6.10 Å². The smallest absolute Gasteiger partial charge is 0.0543 e. The van der Waals surface area contributed by atoms with Gasteiger partial charge in [0.2, 0.25) is 0 Å². The number of hydrogen-bond donors (Lipinski definition) is 1. The van der Waals surface area contributed by atoms with Crippen molar-refractivity contribution in [3.05, 3.63) is 0 Å². The molecule has 10 atom stereocenters. The van der Waals surface area contributed by atoms with E-state index < -0.39 is 0 Å². The lowest BCUT2D eigenvalue weighted by Gasteiger charge is -2.61. The van der Waals surface area contributed by atoms with Gasteiger partial charge in [-0.2, -0.15) is 0 Å². The second-order valence-electron chi connectivity index (χ2n) is 13.6. The van der Waals surface area contributed by atoms with Crippen LogP contribution < -0.4 is 0 Å². The molecule has 4 rings (SSSR count). The molecule has 4 aliphatic carbocycles. The number of hydrogen-bond acceptors (Lipinski definition) is 1. The van der Waals surface area contributed by atoms with E-state index >= 15 is 0 Å². The van der Waals surface area contributed by atoms with Gasteiger partial charge in [0.15, 0.2) is 0 Å². The van der Waals surface area contributed by atoms with Crippen molar-refractivity contribution in [1.29, 1.82) is 0 Å². The second-order valence-corrected chi connectivity index (χ2v) is 13.6. The van der Waals surface area contributed by atoms with Crippen molar-refractivity contribution >= 4 is 0 Å². The Labute approximate surface area is 200 Å². The Hall–Kier alpha value is -0.0400. The Bertz CT molecular complexity index is 610. The lowest BCUT2D eigenvalue weighted by atomic mass is 9.44. The van der Waals surface area contributed by atoms with E-state index in [1.807, 2.05) is 0 Å². The molecule has 0 spiro atoms. The molecule has 1 heteroatoms. The molecule has 0 bridgehead atoms. The summed E-state index contributed by atoms with van der Waals surface area (Å²) in [5.74, 6) is 7.47. The summed E-state index contributed by atoms with van der Waals surface area (Å²) in [6.07, 6.45) is 19.3. The van der Waals surface area contributed by atoms with Crippen LogP contribution in [0, 0.1) is 58.2 Å². The van der Waals surface area contributed by atoms with Gasteiger partial charge in [-0.3, -0.25) is 0 Å². The fraction of sp³-hybridized carbons (Fsp3) is 1.00. The first-order chi connectivity index (χ1) is 15.3. The standard InChI is InChI=1S/C31H56O/c1-7-22(8-2)23(9-3)11-10-21(4)27-14-15-28-26-13-12-24-20-25(32)16-18-30(24,5)29(26)17-19-31(27,28)6/h21-29,32H,7-20H2,1-6H3/t21-,23?,24?,25?,26?,27?,28?,29?,30?,31?/m1/s1. The first-order valence-electron chi connectivity index (χ1n) is 15.0. The normalized spacial score (nSPS) is 45.8. The molecule has 4 aliphatic rings. The van der Waals surface area contributed by atoms with Crippen molar-refractivity contribution in [2.24, 2.45) is 58.2 Å². The van der Waals surface area contributed by atoms with Crippen LogP contribution in [0.2, 0.25) is 0 Å². The third-order valence-corrected chi connectivity index (χ3v) is 12.6. The van der Waals surface area contributed by atoms with Gasteiger partial charge in [-0.15, -0.1) is 0 Å². The molecule has 0 aromatic carbocycles. The van der Waals surface area contributed by atoms with E-state index in [4.69, 9.17) is 0 Å². The third kappa shape index (κ3) is 4.24. The zero-order valence-electron chi connectivity index (χ0n) is 22.5. The Morgan fingerprint density at radius 1 is 0.750 bits per heavy atom. The Kier molecular flexibility index (Phi) is 7.76. The monoisotopic (exact) mass is 444 g/mol. The van der Waals surface area contributed by atoms with Crippen LogP contribution in [0.1, 0.15) is 131 Å². The lowest BCUT2D eigenvalue weighted by Crippen LogP contribution is -2.54. The summed E-state index contributed by atoms with van der Waals surface area (Å²) in [7, 11) is 0. The third-order valence-electron chi connectivity index (χ3n) is 12.6. The Morgan fingerprint density at radius 3 is 2.09 bits per heavy atom. The highest BCUT2D eigenvalue weighted by atomic mass is 16.3. The molecule has 0 amide bonds. The van der Waals surface area contributed by atoms with Crippen molar-refractivity contribution in [3.8, 4) is 0 Å². The summed E-state index contributed by atoms with van der Waals surface area (Å²) in [4.78, 5) is 0. The highest BCUT2D eigenvalue weighted by Crippen LogP contribution is 2.68. The highest BCUT2D eigenvalue weighted by Gasteiger charge is 2.60. The van der Waals surface area contributed by atoms with Gasteiger partial charge in [-0.25, -0.2) is 0 Å². The predicted molar refractivity (Wildman–Crippen MR) is 137 cm³/mol. The van der Waals surface area contributed by atoms with Crippen molar-refractivity contribution in [2.75, 3.05) is 0 Å². The summed E-state index contributed by atoms with van der Waals surface area (Å²) in [5.41, 5.74) is 1.13. The SMILES string of the molecule is CCC(CC)C(CC)CC[C@@H](C)C1CCC2C3CCC4CC(O)CCC4(C)C3CCC21C. The second kappa shape index (κ2) is 9.91. The van der Waals surface area contributed by atoms with Gasteiger partial charge >= 0.3 is 0 Å². The van der Waals surface area contributed by atoms with Crippen LogP contribution in [0.15, 0.2) is 0 Å². The zero-order valence-corrected chi connectivity index (χ0v) is 22.5. The number of aliphatic hydroxyl groups excluding tert-OH is 1. The molecule has 186 valence electrons. The number of rotatable bonds is 8. The minimum atomic E-state index is -0.0119. The van der Waals surface area contributed by atoms with Gasteiger partial charge in [-0.05, 0) is 122 Å². The molecule has 0 radical (unpaired) electrons. The van der Waals surface area contributed by atoms with Crippen molar-refractivity contribution in [2.45, 2.75) is 138 Å². The molecular formula is C31H56O. The van der Waals surface area contributed by atoms with Gasteiger partial charge in [0.1, 0.15) is 0 Å². The summed E-state index contributed by atoms with van der Waals surface area (Å²) in [6, 6.07) is 0. The molecule has 0 aromatic rings. The van der Waals surface area contributed by atoms with Crippen molar-refractivity contribution < 1.29 is 5.11 Å². The lowest BCUT2D eigenvalue weighted by molar-refractivity contribution is -0.129. The largest absolute Gasteiger partial charge is 0.393 e. The van der Waals surface area contributed by atoms with Crippen LogP contribution in [0.25, 0.3) is 0 Å². The maximum atomic E-state index is 10.3. The minimum absolute atomic E-state index is 0.0119. The van der Waals surface area contributed by atoms with Crippen LogP contribution >= 0.6 is 0 Å². The molecule has 4 fully saturated rings. The highest BCUT2D eigenvalue weighted by molar-refractivity contribution is 5.09. The van der Waals surface area contributed by atoms with Gasteiger partial charge in [0, 0.05) is 0 Å². The van der Waals surface area contributed by atoms with Gasteiger partial charge in [0.25, 0.3) is 0 Å². The molecule has 0 heterocycles. The Balaban J connectivity index is 1.42. The van der Waals surface area contributed by atoms with E-state index in [2.05, 4.69) is 41.5 Å². The first-order valence-corrected chi connectivity index (χ1v) is 15.0. The van der Waals surface area contributed by atoms with Crippen LogP contribution in [-0.4, -0.2) is 11.2 Å². The van der Waals surface area contributed by atoms with Crippen molar-refractivity contribution in [1.82, 2.24) is 0 Å². The molecule has 0 aromatic heterocycles. The van der Waals surface area contributed by atoms with E-state index in [-0.39, 0.29) is 6.10 Å². The fourth-order valence-electron chi connectivity index (χ4n) is 10.6. The van der Waals surface area contributed by atoms with E-state index in [1.54, 1.807) is 0 Å². The molecule has 9 unspecified atom stereocenters. The first kappa shape index (κ1) is 25.1. The summed E-state index contributed by atoms with van der Waals surface area (Å²) in [5, 5.41) is 10.3. The maximum absolute atomic E-state index is 10.3. The number of aliphatic hydroxyl groups is 1. The van der Waals surface area contributed by atoms with E-state index in [0.717, 1.165) is 60.2 Å². The molecule has 1 nitrogen and oxygen atoms in total. The fourth-order valence-corrected chi connectivity index (χ4v) is 10.6. The van der Waals surface area contributed by atoms with Crippen molar-refractivity contribution in [3.63, 3.8) is 0 Å². The van der Waals surface area contributed by atoms with Crippen LogP contribution in [-0.2, 0) is 0 Å². The number of fused-ring (bicyclic) bond motifs is 5. The van der Waals surface area contributed by atoms with Gasteiger partial charge in [-0.1, -0.05) is 67.2 Å². The maximum Gasteiger partial charge on any atom is 0.0543 e. The molecule has 32 heavy (non-hydrogen) atoms. The molecule has 0 saturated heterocycles. The van der Waals surface area contributed by atoms with E-state index in [9.17, 15) is 5.11 Å². The summed E-state index contributed by atoms with van der Waals surface area (Å²) >= 11 is 0. The van der Waals surface area contributed by atoms with Gasteiger partial charge < -0.3 is 5.11 Å². The minimum Gasteiger partial charge on any atom is -0.393 e.